The maximum Gasteiger partial charge on any atom is 0.251 e. The minimum Gasteiger partial charge on any atom is -0.399 e. The predicted molar refractivity (Wildman–Crippen MR) is 73.6 cm³/mol. The normalized spacial score (nSPS) is 10.1. The molecule has 1 amide bonds. The number of nitrogens with one attached hydrogen (secondary N) is 1. The Balaban J connectivity index is 2.41. The molecule has 1 rings (SSSR count). The Morgan fingerprint density at radius 3 is 2.89 bits per heavy atom. The summed E-state index contributed by atoms with van der Waals surface area (Å²) in [6.45, 7) is 8.97. The highest BCUT2D eigenvalue weighted by molar-refractivity contribution is 5.96. The van der Waals surface area contributed by atoms with Crippen LogP contribution in [0.5, 0.6) is 0 Å². The zero-order valence-electron chi connectivity index (χ0n) is 11.0. The van der Waals surface area contributed by atoms with Gasteiger partial charge in [-0.3, -0.25) is 4.79 Å². The third-order valence-corrected chi connectivity index (χ3v) is 2.39. The van der Waals surface area contributed by atoms with Crippen LogP contribution in [0.2, 0.25) is 0 Å². The average molecular weight is 248 g/mol. The minimum atomic E-state index is -0.126. The third-order valence-electron chi connectivity index (χ3n) is 2.39. The monoisotopic (exact) mass is 248 g/mol. The Bertz CT molecular complexity index is 441. The summed E-state index contributed by atoms with van der Waals surface area (Å²) in [5.74, 6) is -0.126. The third kappa shape index (κ3) is 4.59. The second kappa shape index (κ2) is 6.81. The van der Waals surface area contributed by atoms with Crippen LogP contribution in [0.1, 0.15) is 22.8 Å². The fourth-order valence-electron chi connectivity index (χ4n) is 1.46. The maximum absolute atomic E-state index is 11.9. The predicted octanol–water partition coefficient (Wildman–Crippen LogP) is 1.90. The van der Waals surface area contributed by atoms with Crippen molar-refractivity contribution in [2.75, 3.05) is 25.5 Å². The van der Waals surface area contributed by atoms with E-state index in [1.165, 1.54) is 0 Å². The summed E-state index contributed by atoms with van der Waals surface area (Å²) in [7, 11) is 0. The number of nitrogen functional groups attached to an aromatic ring is 1. The highest BCUT2D eigenvalue weighted by Gasteiger charge is 2.08. The molecule has 0 bridgehead atoms. The van der Waals surface area contributed by atoms with E-state index in [2.05, 4.69) is 11.9 Å². The van der Waals surface area contributed by atoms with Gasteiger partial charge in [0.05, 0.1) is 13.2 Å². The van der Waals surface area contributed by atoms with E-state index in [9.17, 15) is 4.79 Å². The standard InChI is InChI=1S/C14H20N2O2/c1-10(2)9-18-7-6-16-14(17)13-8-12(15)5-4-11(13)3/h4-5,8H,1,6-7,9,15H2,2-3H3,(H,16,17). The fourth-order valence-corrected chi connectivity index (χ4v) is 1.46. The van der Waals surface area contributed by atoms with Crippen molar-refractivity contribution in [3.63, 3.8) is 0 Å². The van der Waals surface area contributed by atoms with E-state index < -0.39 is 0 Å². The van der Waals surface area contributed by atoms with Crippen molar-refractivity contribution >= 4 is 11.6 Å². The molecule has 0 aliphatic heterocycles. The summed E-state index contributed by atoms with van der Waals surface area (Å²) in [5, 5.41) is 2.79. The Morgan fingerprint density at radius 2 is 2.22 bits per heavy atom. The topological polar surface area (TPSA) is 64.3 Å². The first-order valence-corrected chi connectivity index (χ1v) is 5.87. The van der Waals surface area contributed by atoms with Gasteiger partial charge in [-0.25, -0.2) is 0 Å². The van der Waals surface area contributed by atoms with E-state index >= 15 is 0 Å². The van der Waals surface area contributed by atoms with Crippen LogP contribution in [0.15, 0.2) is 30.4 Å². The summed E-state index contributed by atoms with van der Waals surface area (Å²) in [4.78, 5) is 11.9. The van der Waals surface area contributed by atoms with Crippen LogP contribution < -0.4 is 11.1 Å². The largest absolute Gasteiger partial charge is 0.399 e. The maximum atomic E-state index is 11.9. The number of rotatable bonds is 6. The zero-order chi connectivity index (χ0) is 13.5. The Labute approximate surface area is 108 Å². The van der Waals surface area contributed by atoms with Crippen molar-refractivity contribution in [2.45, 2.75) is 13.8 Å². The molecule has 4 nitrogen and oxygen atoms in total. The van der Waals surface area contributed by atoms with E-state index in [-0.39, 0.29) is 5.91 Å². The first kappa shape index (κ1) is 14.3. The number of hydrogen-bond acceptors (Lipinski definition) is 3. The van der Waals surface area contributed by atoms with E-state index in [0.29, 0.717) is 31.0 Å². The summed E-state index contributed by atoms with van der Waals surface area (Å²) in [6.07, 6.45) is 0. The van der Waals surface area contributed by atoms with Crippen molar-refractivity contribution in [1.29, 1.82) is 0 Å². The van der Waals surface area contributed by atoms with Gasteiger partial charge < -0.3 is 15.8 Å². The molecule has 0 saturated heterocycles. The molecule has 0 unspecified atom stereocenters. The molecule has 1 aromatic carbocycles. The zero-order valence-corrected chi connectivity index (χ0v) is 11.0. The lowest BCUT2D eigenvalue weighted by molar-refractivity contribution is 0.0926. The number of anilines is 1. The fraction of sp³-hybridized carbons (Fsp3) is 0.357. The number of carbonyl (C=O) groups excluding carboxylic acids is 1. The van der Waals surface area contributed by atoms with Crippen molar-refractivity contribution < 1.29 is 9.53 Å². The summed E-state index contributed by atoms with van der Waals surface area (Å²) < 4.78 is 5.30. The summed E-state index contributed by atoms with van der Waals surface area (Å²) in [6, 6.07) is 5.29. The number of hydrogen-bond donors (Lipinski definition) is 2. The lowest BCUT2D eigenvalue weighted by Gasteiger charge is -2.09. The van der Waals surface area contributed by atoms with E-state index in [1.807, 2.05) is 19.9 Å². The van der Waals surface area contributed by atoms with Gasteiger partial charge in [0.15, 0.2) is 0 Å². The van der Waals surface area contributed by atoms with Crippen LogP contribution in [0.4, 0.5) is 5.69 Å². The van der Waals surface area contributed by atoms with Crippen LogP contribution in [-0.4, -0.2) is 25.7 Å². The van der Waals surface area contributed by atoms with E-state index in [0.717, 1.165) is 11.1 Å². The molecule has 0 atom stereocenters. The number of carbonyl (C=O) groups is 1. The van der Waals surface area contributed by atoms with Gasteiger partial charge in [-0.05, 0) is 31.5 Å². The summed E-state index contributed by atoms with van der Waals surface area (Å²) >= 11 is 0. The molecular weight excluding hydrogens is 228 g/mol. The molecule has 0 fully saturated rings. The minimum absolute atomic E-state index is 0.126. The van der Waals surface area contributed by atoms with Gasteiger partial charge in [-0.2, -0.15) is 0 Å². The van der Waals surface area contributed by atoms with Crippen LogP contribution in [0.25, 0.3) is 0 Å². The van der Waals surface area contributed by atoms with Crippen LogP contribution in [0.3, 0.4) is 0 Å². The molecule has 1 aromatic rings. The second-order valence-corrected chi connectivity index (χ2v) is 4.34. The smallest absolute Gasteiger partial charge is 0.251 e. The lowest BCUT2D eigenvalue weighted by atomic mass is 10.1. The molecule has 0 spiro atoms. The highest BCUT2D eigenvalue weighted by atomic mass is 16.5. The number of aryl methyl sites for hydroxylation is 1. The van der Waals surface area contributed by atoms with Gasteiger partial charge in [0.1, 0.15) is 0 Å². The second-order valence-electron chi connectivity index (χ2n) is 4.34. The van der Waals surface area contributed by atoms with Crippen LogP contribution >= 0.6 is 0 Å². The molecule has 3 N–H and O–H groups in total. The van der Waals surface area contributed by atoms with Crippen molar-refractivity contribution in [3.8, 4) is 0 Å². The molecule has 0 radical (unpaired) electrons. The quantitative estimate of drug-likeness (QED) is 0.459. The van der Waals surface area contributed by atoms with E-state index in [1.54, 1.807) is 12.1 Å². The molecule has 0 saturated carbocycles. The van der Waals surface area contributed by atoms with Gasteiger partial charge in [0, 0.05) is 17.8 Å². The van der Waals surface area contributed by atoms with Gasteiger partial charge in [-0.1, -0.05) is 18.2 Å². The number of amides is 1. The lowest BCUT2D eigenvalue weighted by Crippen LogP contribution is -2.28. The number of benzene rings is 1. The molecule has 98 valence electrons. The average Bonchev–Trinajstić information content (AvgIpc) is 2.31. The Morgan fingerprint density at radius 1 is 1.50 bits per heavy atom. The van der Waals surface area contributed by atoms with Gasteiger partial charge in [0.25, 0.3) is 5.91 Å². The Kier molecular flexibility index (Phi) is 5.39. The molecule has 0 heterocycles. The van der Waals surface area contributed by atoms with Crippen LogP contribution in [0, 0.1) is 6.92 Å². The van der Waals surface area contributed by atoms with Crippen molar-refractivity contribution in [2.24, 2.45) is 0 Å². The number of ether oxygens (including phenoxy) is 1. The molecule has 0 aliphatic rings. The number of nitrogens with two attached hydrogens (primary N) is 1. The van der Waals surface area contributed by atoms with Crippen molar-refractivity contribution in [3.05, 3.63) is 41.5 Å². The van der Waals surface area contributed by atoms with Crippen molar-refractivity contribution in [1.82, 2.24) is 5.32 Å². The molecule has 0 aromatic heterocycles. The molecule has 4 heteroatoms. The van der Waals surface area contributed by atoms with E-state index in [4.69, 9.17) is 10.5 Å². The van der Waals surface area contributed by atoms with Gasteiger partial charge >= 0.3 is 0 Å². The molecule has 0 aliphatic carbocycles. The first-order valence-electron chi connectivity index (χ1n) is 5.87. The van der Waals surface area contributed by atoms with Crippen LogP contribution in [-0.2, 0) is 4.74 Å². The summed E-state index contributed by atoms with van der Waals surface area (Å²) in [5.41, 5.74) is 8.73. The molecular formula is C14H20N2O2. The van der Waals surface area contributed by atoms with Gasteiger partial charge in [-0.15, -0.1) is 0 Å². The SMILES string of the molecule is C=C(C)COCCNC(=O)c1cc(N)ccc1C. The molecule has 18 heavy (non-hydrogen) atoms. The Hall–Kier alpha value is -1.81. The first-order chi connectivity index (χ1) is 8.50. The van der Waals surface area contributed by atoms with Gasteiger partial charge in [0.2, 0.25) is 0 Å². The highest BCUT2D eigenvalue weighted by Crippen LogP contribution is 2.12.